The van der Waals surface area contributed by atoms with Crippen molar-refractivity contribution in [3.8, 4) is 11.5 Å². The molecule has 138 valence electrons. The van der Waals surface area contributed by atoms with E-state index in [1.165, 1.54) is 11.8 Å². The molecule has 6 heteroatoms. The van der Waals surface area contributed by atoms with Crippen molar-refractivity contribution < 1.29 is 19.1 Å². The number of hydrogen-bond acceptors (Lipinski definition) is 4. The van der Waals surface area contributed by atoms with Crippen molar-refractivity contribution in [3.05, 3.63) is 48.5 Å². The van der Waals surface area contributed by atoms with Crippen molar-refractivity contribution in [2.24, 2.45) is 0 Å². The van der Waals surface area contributed by atoms with Crippen LogP contribution in [0.2, 0.25) is 0 Å². The minimum atomic E-state index is -0.317. The zero-order valence-corrected chi connectivity index (χ0v) is 15.5. The van der Waals surface area contributed by atoms with Gasteiger partial charge in [0.2, 0.25) is 11.8 Å². The lowest BCUT2D eigenvalue weighted by Crippen LogP contribution is -2.36. The van der Waals surface area contributed by atoms with E-state index in [1.54, 1.807) is 43.5 Å². The predicted molar refractivity (Wildman–Crippen MR) is 102 cm³/mol. The molecule has 0 atom stereocenters. The minimum Gasteiger partial charge on any atom is -0.497 e. The summed E-state index contributed by atoms with van der Waals surface area (Å²) in [6, 6.07) is 14.2. The quantitative estimate of drug-likeness (QED) is 0.825. The van der Waals surface area contributed by atoms with E-state index in [1.807, 2.05) is 26.0 Å². The van der Waals surface area contributed by atoms with Crippen LogP contribution in [-0.4, -0.2) is 31.6 Å². The molecule has 0 bridgehead atoms. The van der Waals surface area contributed by atoms with Crippen LogP contribution in [0.25, 0.3) is 0 Å². The number of hydrogen-bond donors (Lipinski definition) is 1. The predicted octanol–water partition coefficient (Wildman–Crippen LogP) is 3.47. The first-order chi connectivity index (χ1) is 12.4. The highest BCUT2D eigenvalue weighted by Gasteiger charge is 2.17. The molecule has 0 heterocycles. The summed E-state index contributed by atoms with van der Waals surface area (Å²) in [7, 11) is 1.55. The van der Waals surface area contributed by atoms with Gasteiger partial charge >= 0.3 is 0 Å². The summed E-state index contributed by atoms with van der Waals surface area (Å²) < 4.78 is 10.9. The third-order valence-corrected chi connectivity index (χ3v) is 3.57. The van der Waals surface area contributed by atoms with Crippen LogP contribution in [0.4, 0.5) is 11.4 Å². The zero-order valence-electron chi connectivity index (χ0n) is 15.5. The number of para-hydroxylation sites is 2. The Morgan fingerprint density at radius 2 is 1.85 bits per heavy atom. The second-order valence-electron chi connectivity index (χ2n) is 6.02. The molecule has 2 amide bonds. The fourth-order valence-corrected chi connectivity index (χ4v) is 2.42. The number of rotatable bonds is 7. The summed E-state index contributed by atoms with van der Waals surface area (Å²) in [6.45, 7) is 5.14. The van der Waals surface area contributed by atoms with Gasteiger partial charge in [-0.3, -0.25) is 9.59 Å². The van der Waals surface area contributed by atoms with Crippen LogP contribution in [0.1, 0.15) is 20.8 Å². The van der Waals surface area contributed by atoms with Gasteiger partial charge in [0.15, 0.2) is 0 Å². The Labute approximate surface area is 153 Å². The summed E-state index contributed by atoms with van der Waals surface area (Å²) in [5, 5.41) is 2.81. The van der Waals surface area contributed by atoms with Gasteiger partial charge in [-0.2, -0.15) is 0 Å². The van der Waals surface area contributed by atoms with Gasteiger partial charge in [-0.05, 0) is 38.1 Å². The summed E-state index contributed by atoms with van der Waals surface area (Å²) in [6.07, 6.45) is -0.0152. The second kappa shape index (κ2) is 8.89. The van der Waals surface area contributed by atoms with E-state index >= 15 is 0 Å². The SMILES string of the molecule is COc1cccc(N(CC(=O)Nc2ccccc2OC(C)C)C(C)=O)c1. The van der Waals surface area contributed by atoms with Gasteiger partial charge in [0.05, 0.1) is 18.9 Å². The number of anilines is 2. The fraction of sp³-hybridized carbons (Fsp3) is 0.300. The Morgan fingerprint density at radius 1 is 1.12 bits per heavy atom. The van der Waals surface area contributed by atoms with Gasteiger partial charge in [0, 0.05) is 18.7 Å². The van der Waals surface area contributed by atoms with Crippen LogP contribution < -0.4 is 19.7 Å². The molecule has 0 fully saturated rings. The van der Waals surface area contributed by atoms with Gasteiger partial charge in [-0.1, -0.05) is 18.2 Å². The summed E-state index contributed by atoms with van der Waals surface area (Å²) in [5.41, 5.74) is 1.17. The third kappa shape index (κ3) is 5.24. The maximum Gasteiger partial charge on any atom is 0.244 e. The van der Waals surface area contributed by atoms with Crippen LogP contribution in [-0.2, 0) is 9.59 Å². The highest BCUT2D eigenvalue weighted by atomic mass is 16.5. The standard InChI is InChI=1S/C20H24N2O4/c1-14(2)26-19-11-6-5-10-18(19)21-20(24)13-22(15(3)23)16-8-7-9-17(12-16)25-4/h5-12,14H,13H2,1-4H3,(H,21,24). The summed E-state index contributed by atoms with van der Waals surface area (Å²) in [5.74, 6) is 0.652. The highest BCUT2D eigenvalue weighted by molar-refractivity contribution is 6.02. The van der Waals surface area contributed by atoms with Crippen LogP contribution in [0.5, 0.6) is 11.5 Å². The van der Waals surface area contributed by atoms with Gasteiger partial charge in [0.25, 0.3) is 0 Å². The molecule has 0 unspecified atom stereocenters. The molecule has 0 aliphatic heterocycles. The second-order valence-corrected chi connectivity index (χ2v) is 6.02. The van der Waals surface area contributed by atoms with E-state index < -0.39 is 0 Å². The van der Waals surface area contributed by atoms with Crippen LogP contribution in [0.3, 0.4) is 0 Å². The van der Waals surface area contributed by atoms with E-state index in [4.69, 9.17) is 9.47 Å². The van der Waals surface area contributed by atoms with Crippen molar-refractivity contribution >= 4 is 23.2 Å². The average molecular weight is 356 g/mol. The monoisotopic (exact) mass is 356 g/mol. The number of amides is 2. The van der Waals surface area contributed by atoms with Crippen molar-refractivity contribution in [1.82, 2.24) is 0 Å². The molecule has 0 saturated heterocycles. The number of nitrogens with one attached hydrogen (secondary N) is 1. The zero-order chi connectivity index (χ0) is 19.1. The third-order valence-electron chi connectivity index (χ3n) is 3.57. The lowest BCUT2D eigenvalue weighted by Gasteiger charge is -2.22. The maximum absolute atomic E-state index is 12.5. The van der Waals surface area contributed by atoms with Gasteiger partial charge in [-0.25, -0.2) is 0 Å². The molecule has 2 rings (SSSR count). The molecule has 2 aromatic carbocycles. The summed E-state index contributed by atoms with van der Waals surface area (Å²) >= 11 is 0. The van der Waals surface area contributed by atoms with E-state index in [9.17, 15) is 9.59 Å². The summed E-state index contributed by atoms with van der Waals surface area (Å²) in [4.78, 5) is 25.9. The molecular formula is C20H24N2O4. The molecule has 6 nitrogen and oxygen atoms in total. The Kier molecular flexibility index (Phi) is 6.60. The molecule has 0 radical (unpaired) electrons. The first-order valence-corrected chi connectivity index (χ1v) is 8.38. The molecule has 0 spiro atoms. The van der Waals surface area contributed by atoms with E-state index in [-0.39, 0.29) is 24.5 Å². The van der Waals surface area contributed by atoms with Crippen LogP contribution >= 0.6 is 0 Å². The lowest BCUT2D eigenvalue weighted by molar-refractivity contribution is -0.120. The molecule has 2 aromatic rings. The molecule has 1 N–H and O–H groups in total. The molecule has 0 aliphatic rings. The smallest absolute Gasteiger partial charge is 0.244 e. The van der Waals surface area contributed by atoms with E-state index in [0.29, 0.717) is 22.9 Å². The number of methoxy groups -OCH3 is 1. The highest BCUT2D eigenvalue weighted by Crippen LogP contribution is 2.25. The minimum absolute atomic E-state index is 0.0152. The van der Waals surface area contributed by atoms with Crippen molar-refractivity contribution in [2.45, 2.75) is 26.9 Å². The van der Waals surface area contributed by atoms with Crippen molar-refractivity contribution in [1.29, 1.82) is 0 Å². The van der Waals surface area contributed by atoms with Crippen LogP contribution in [0, 0.1) is 0 Å². The van der Waals surface area contributed by atoms with Crippen LogP contribution in [0.15, 0.2) is 48.5 Å². The number of benzene rings is 2. The molecular weight excluding hydrogens is 332 g/mol. The topological polar surface area (TPSA) is 67.9 Å². The number of nitrogens with zero attached hydrogens (tertiary/aromatic N) is 1. The number of ether oxygens (including phenoxy) is 2. The van der Waals surface area contributed by atoms with Gasteiger partial charge in [0.1, 0.15) is 18.0 Å². The average Bonchev–Trinajstić information content (AvgIpc) is 2.60. The Morgan fingerprint density at radius 3 is 2.50 bits per heavy atom. The van der Waals surface area contributed by atoms with Gasteiger partial charge in [-0.15, -0.1) is 0 Å². The Bertz CT molecular complexity index is 774. The fourth-order valence-electron chi connectivity index (χ4n) is 2.42. The molecule has 0 aliphatic carbocycles. The van der Waals surface area contributed by atoms with Crippen molar-refractivity contribution in [2.75, 3.05) is 23.9 Å². The Hall–Kier alpha value is -3.02. The molecule has 26 heavy (non-hydrogen) atoms. The first-order valence-electron chi connectivity index (χ1n) is 8.38. The molecule has 0 saturated carbocycles. The largest absolute Gasteiger partial charge is 0.497 e. The molecule has 0 aromatic heterocycles. The van der Waals surface area contributed by atoms with Gasteiger partial charge < -0.3 is 19.7 Å². The lowest BCUT2D eigenvalue weighted by atomic mass is 10.2. The number of carbonyl (C=O) groups excluding carboxylic acids is 2. The maximum atomic E-state index is 12.5. The normalized spacial score (nSPS) is 10.3. The first kappa shape index (κ1) is 19.3. The van der Waals surface area contributed by atoms with Crippen molar-refractivity contribution in [3.63, 3.8) is 0 Å². The van der Waals surface area contributed by atoms with E-state index in [2.05, 4.69) is 5.32 Å². The number of carbonyl (C=O) groups is 2. The van der Waals surface area contributed by atoms with E-state index in [0.717, 1.165) is 0 Å². The Balaban J connectivity index is 2.15.